The molecule has 1 aromatic carbocycles. The molecular formula is C19H24F2N6O2S. The molecule has 1 aromatic heterocycles. The maximum Gasteiger partial charge on any atom is 0.242 e. The molecule has 8 nitrogen and oxygen atoms in total. The van der Waals surface area contributed by atoms with Gasteiger partial charge in [-0.2, -0.15) is 0 Å². The van der Waals surface area contributed by atoms with Gasteiger partial charge in [0, 0.05) is 64.8 Å². The van der Waals surface area contributed by atoms with Crippen LogP contribution in [-0.2, 0) is 10.0 Å². The molecule has 30 heavy (non-hydrogen) atoms. The van der Waals surface area contributed by atoms with Crippen molar-refractivity contribution in [3.8, 4) is 0 Å². The van der Waals surface area contributed by atoms with E-state index in [0.717, 1.165) is 12.1 Å². The van der Waals surface area contributed by atoms with Crippen LogP contribution in [0.25, 0.3) is 0 Å². The zero-order valence-electron chi connectivity index (χ0n) is 16.6. The molecule has 0 aliphatic carbocycles. The van der Waals surface area contributed by atoms with Gasteiger partial charge in [-0.05, 0) is 24.3 Å². The summed E-state index contributed by atoms with van der Waals surface area (Å²) < 4.78 is 54.3. The Morgan fingerprint density at radius 1 is 1.17 bits per heavy atom. The fourth-order valence-electron chi connectivity index (χ4n) is 3.17. The number of guanidine groups is 1. The first-order chi connectivity index (χ1) is 14.4. The van der Waals surface area contributed by atoms with Crippen LogP contribution in [0.3, 0.4) is 0 Å². The average Bonchev–Trinajstić information content (AvgIpc) is 2.76. The van der Waals surface area contributed by atoms with Crippen LogP contribution < -0.4 is 14.9 Å². The van der Waals surface area contributed by atoms with E-state index < -0.39 is 21.7 Å². The Bertz CT molecular complexity index is 980. The molecule has 0 bridgehead atoms. The van der Waals surface area contributed by atoms with Crippen LogP contribution >= 0.6 is 0 Å². The van der Waals surface area contributed by atoms with Gasteiger partial charge in [0.25, 0.3) is 0 Å². The molecule has 11 heteroatoms. The first-order valence-corrected chi connectivity index (χ1v) is 10.9. The van der Waals surface area contributed by atoms with E-state index in [1.807, 2.05) is 4.90 Å². The van der Waals surface area contributed by atoms with Crippen molar-refractivity contribution in [1.82, 2.24) is 19.9 Å². The highest BCUT2D eigenvalue weighted by Gasteiger charge is 2.22. The Balaban J connectivity index is 1.48. The van der Waals surface area contributed by atoms with Gasteiger partial charge < -0.3 is 15.1 Å². The van der Waals surface area contributed by atoms with Crippen molar-refractivity contribution >= 4 is 21.7 Å². The van der Waals surface area contributed by atoms with Crippen LogP contribution in [0.4, 0.5) is 14.5 Å². The van der Waals surface area contributed by atoms with Gasteiger partial charge in [-0.25, -0.2) is 21.9 Å². The summed E-state index contributed by atoms with van der Waals surface area (Å²) in [6.07, 6.45) is 2.79. The summed E-state index contributed by atoms with van der Waals surface area (Å²) in [6.45, 7) is 2.66. The second kappa shape index (κ2) is 9.81. The normalized spacial score (nSPS) is 15.4. The molecule has 0 saturated carbocycles. The van der Waals surface area contributed by atoms with E-state index >= 15 is 0 Å². The number of sulfonamides is 1. The maximum atomic E-state index is 14.0. The quantitative estimate of drug-likeness (QED) is 0.398. The highest BCUT2D eigenvalue weighted by atomic mass is 32.2. The largest absolute Gasteiger partial charge is 0.366 e. The lowest BCUT2D eigenvalue weighted by atomic mass is 10.2. The minimum absolute atomic E-state index is 0.107. The number of hydrogen-bond acceptors (Lipinski definition) is 5. The van der Waals surface area contributed by atoms with Crippen LogP contribution in [0.1, 0.15) is 0 Å². The maximum absolute atomic E-state index is 14.0. The minimum Gasteiger partial charge on any atom is -0.366 e. The fraction of sp³-hybridized carbons (Fsp3) is 0.368. The summed E-state index contributed by atoms with van der Waals surface area (Å²) in [7, 11) is -1.97. The molecule has 1 saturated heterocycles. The third-order valence-electron chi connectivity index (χ3n) is 4.68. The summed E-state index contributed by atoms with van der Waals surface area (Å²) in [5, 5.41) is 3.12. The first kappa shape index (κ1) is 21.9. The smallest absolute Gasteiger partial charge is 0.242 e. The Labute approximate surface area is 174 Å². The molecule has 0 amide bonds. The van der Waals surface area contributed by atoms with Gasteiger partial charge >= 0.3 is 0 Å². The van der Waals surface area contributed by atoms with Crippen LogP contribution in [0.15, 0.2) is 52.6 Å². The molecule has 2 aromatic rings. The summed E-state index contributed by atoms with van der Waals surface area (Å²) in [5.41, 5.74) is 0.252. The molecule has 0 spiro atoms. The van der Waals surface area contributed by atoms with Gasteiger partial charge in [-0.15, -0.1) is 0 Å². The van der Waals surface area contributed by atoms with E-state index in [9.17, 15) is 17.2 Å². The second-order valence-electron chi connectivity index (χ2n) is 6.63. The zero-order valence-corrected chi connectivity index (χ0v) is 17.4. The Hall–Kier alpha value is -2.79. The van der Waals surface area contributed by atoms with Gasteiger partial charge in [-0.3, -0.25) is 9.98 Å². The number of anilines is 1. The van der Waals surface area contributed by atoms with Crippen LogP contribution in [-0.4, -0.2) is 70.6 Å². The SMILES string of the molecule is CN=C(NCCNS(=O)(=O)c1cccnc1)N1CCN(c2cc(F)ccc2F)CC1. The predicted octanol–water partition coefficient (Wildman–Crippen LogP) is 1.04. The summed E-state index contributed by atoms with van der Waals surface area (Å²) in [6, 6.07) is 6.46. The van der Waals surface area contributed by atoms with Crippen molar-refractivity contribution in [1.29, 1.82) is 0 Å². The number of nitrogens with zero attached hydrogens (tertiary/aromatic N) is 4. The average molecular weight is 439 g/mol. The van der Waals surface area contributed by atoms with Crippen molar-refractivity contribution in [2.45, 2.75) is 4.90 Å². The number of aliphatic imine (C=N–C) groups is 1. The minimum atomic E-state index is -3.61. The van der Waals surface area contributed by atoms with E-state index in [0.29, 0.717) is 38.7 Å². The van der Waals surface area contributed by atoms with Crippen LogP contribution in [0.5, 0.6) is 0 Å². The standard InChI is InChI=1S/C19H24F2N6O2S/c1-22-19(24-7-8-25-30(28,29)16-3-2-6-23-14-16)27-11-9-26(10-12-27)18-13-15(20)4-5-17(18)21/h2-6,13-14,25H,7-12H2,1H3,(H,22,24). The zero-order chi connectivity index (χ0) is 21.6. The van der Waals surface area contributed by atoms with E-state index in [4.69, 9.17) is 0 Å². The van der Waals surface area contributed by atoms with E-state index in [2.05, 4.69) is 20.0 Å². The lowest BCUT2D eigenvalue weighted by Gasteiger charge is -2.37. The number of rotatable bonds is 6. The Morgan fingerprint density at radius 3 is 2.60 bits per heavy atom. The molecule has 1 aliphatic rings. The van der Waals surface area contributed by atoms with Gasteiger partial charge in [-0.1, -0.05) is 0 Å². The number of aromatic nitrogens is 1. The fourth-order valence-corrected chi connectivity index (χ4v) is 4.16. The molecule has 2 heterocycles. The van der Waals surface area contributed by atoms with Crippen LogP contribution in [0, 0.1) is 11.6 Å². The number of pyridine rings is 1. The number of hydrogen-bond donors (Lipinski definition) is 2. The highest BCUT2D eigenvalue weighted by Crippen LogP contribution is 2.21. The molecule has 0 atom stereocenters. The van der Waals surface area contributed by atoms with Crippen molar-refractivity contribution in [2.24, 2.45) is 4.99 Å². The molecule has 1 aliphatic heterocycles. The van der Waals surface area contributed by atoms with Crippen LogP contribution in [0.2, 0.25) is 0 Å². The van der Waals surface area contributed by atoms with Gasteiger partial charge in [0.2, 0.25) is 10.0 Å². The van der Waals surface area contributed by atoms with Gasteiger partial charge in [0.15, 0.2) is 5.96 Å². The van der Waals surface area contributed by atoms with Crippen molar-refractivity contribution in [3.63, 3.8) is 0 Å². The summed E-state index contributed by atoms with van der Waals surface area (Å²) in [5.74, 6) is -0.303. The molecule has 1 fully saturated rings. The Kier molecular flexibility index (Phi) is 7.16. The van der Waals surface area contributed by atoms with Gasteiger partial charge in [0.05, 0.1) is 5.69 Å². The molecule has 0 unspecified atom stereocenters. The van der Waals surface area contributed by atoms with Crippen molar-refractivity contribution < 1.29 is 17.2 Å². The number of halogens is 2. The summed E-state index contributed by atoms with van der Waals surface area (Å²) >= 11 is 0. The van der Waals surface area contributed by atoms with Crippen molar-refractivity contribution in [3.05, 3.63) is 54.4 Å². The molecule has 0 radical (unpaired) electrons. The monoisotopic (exact) mass is 438 g/mol. The number of piperazine rings is 1. The molecule has 2 N–H and O–H groups in total. The van der Waals surface area contributed by atoms with Gasteiger partial charge in [0.1, 0.15) is 16.5 Å². The predicted molar refractivity (Wildman–Crippen MR) is 111 cm³/mol. The molecule has 162 valence electrons. The second-order valence-corrected chi connectivity index (χ2v) is 8.40. The van der Waals surface area contributed by atoms with E-state index in [-0.39, 0.29) is 17.1 Å². The van der Waals surface area contributed by atoms with E-state index in [1.54, 1.807) is 18.0 Å². The lowest BCUT2D eigenvalue weighted by Crippen LogP contribution is -2.53. The van der Waals surface area contributed by atoms with Crippen molar-refractivity contribution in [2.75, 3.05) is 51.2 Å². The lowest BCUT2D eigenvalue weighted by molar-refractivity contribution is 0.371. The third-order valence-corrected chi connectivity index (χ3v) is 6.13. The highest BCUT2D eigenvalue weighted by molar-refractivity contribution is 7.89. The number of benzene rings is 1. The Morgan fingerprint density at radius 2 is 1.93 bits per heavy atom. The topological polar surface area (TPSA) is 89.9 Å². The first-order valence-electron chi connectivity index (χ1n) is 9.46. The molecular weight excluding hydrogens is 414 g/mol. The van der Waals surface area contributed by atoms with E-state index in [1.165, 1.54) is 24.5 Å². The molecule has 3 rings (SSSR count). The number of nitrogens with one attached hydrogen (secondary N) is 2. The third kappa shape index (κ3) is 5.42. The summed E-state index contributed by atoms with van der Waals surface area (Å²) in [4.78, 5) is 11.9.